The van der Waals surface area contributed by atoms with Crippen LogP contribution in [-0.2, 0) is 6.42 Å². The number of nitro benzene ring substituents is 1. The van der Waals surface area contributed by atoms with Crippen molar-refractivity contribution in [1.82, 2.24) is 5.01 Å². The Morgan fingerprint density at radius 3 is 2.67 bits per heavy atom. The molecule has 1 fully saturated rings. The second-order valence-electron chi connectivity index (χ2n) is 6.63. The van der Waals surface area contributed by atoms with E-state index in [1.54, 1.807) is 5.01 Å². The molecule has 0 amide bonds. The molecule has 0 saturated carbocycles. The molecule has 0 aromatic heterocycles. The van der Waals surface area contributed by atoms with Crippen molar-refractivity contribution >= 4 is 5.69 Å². The summed E-state index contributed by atoms with van der Waals surface area (Å²) in [5.74, 6) is 6.22. The fraction of sp³-hybridized carbons (Fsp3) is 0.368. The summed E-state index contributed by atoms with van der Waals surface area (Å²) in [7, 11) is 0. The van der Waals surface area contributed by atoms with Gasteiger partial charge in [-0.1, -0.05) is 30.3 Å². The number of nitrogens with two attached hydrogens (primary N) is 1. The third-order valence-electron chi connectivity index (χ3n) is 4.89. The molecule has 0 unspecified atom stereocenters. The highest BCUT2D eigenvalue weighted by Gasteiger charge is 2.32. The van der Waals surface area contributed by atoms with Crippen LogP contribution in [0.1, 0.15) is 30.0 Å². The molecule has 0 radical (unpaired) electrons. The van der Waals surface area contributed by atoms with E-state index in [1.807, 2.05) is 30.3 Å². The minimum atomic E-state index is -2.99. The van der Waals surface area contributed by atoms with E-state index in [0.29, 0.717) is 12.0 Å². The maximum Gasteiger partial charge on any atom is 0.387 e. The molecule has 2 atom stereocenters. The van der Waals surface area contributed by atoms with Crippen molar-refractivity contribution < 1.29 is 18.4 Å². The molecular weight excluding hydrogens is 356 g/mol. The highest BCUT2D eigenvalue weighted by Crippen LogP contribution is 2.38. The molecule has 144 valence electrons. The normalized spacial score (nSPS) is 20.6. The SMILES string of the molecule is NN1CCC[C@@H](Cc2cc([N+](=O)[O-])ccc2OC(F)F)[C@H]1c1ccccc1. The summed E-state index contributed by atoms with van der Waals surface area (Å²) >= 11 is 0. The van der Waals surface area contributed by atoms with Crippen LogP contribution in [0.3, 0.4) is 0 Å². The zero-order chi connectivity index (χ0) is 19.4. The van der Waals surface area contributed by atoms with Crippen LogP contribution in [-0.4, -0.2) is 23.1 Å². The van der Waals surface area contributed by atoms with Crippen molar-refractivity contribution in [3.8, 4) is 5.75 Å². The van der Waals surface area contributed by atoms with Gasteiger partial charge in [0.1, 0.15) is 5.75 Å². The first-order valence-corrected chi connectivity index (χ1v) is 8.74. The molecule has 1 saturated heterocycles. The van der Waals surface area contributed by atoms with Crippen LogP contribution in [0, 0.1) is 16.0 Å². The topological polar surface area (TPSA) is 81.6 Å². The Labute approximate surface area is 155 Å². The lowest BCUT2D eigenvalue weighted by Gasteiger charge is -2.39. The van der Waals surface area contributed by atoms with E-state index < -0.39 is 11.5 Å². The minimum absolute atomic E-state index is 0.0215. The van der Waals surface area contributed by atoms with Crippen molar-refractivity contribution in [2.24, 2.45) is 11.8 Å². The van der Waals surface area contributed by atoms with E-state index in [-0.39, 0.29) is 23.4 Å². The summed E-state index contributed by atoms with van der Waals surface area (Å²) < 4.78 is 30.1. The highest BCUT2D eigenvalue weighted by atomic mass is 19.3. The van der Waals surface area contributed by atoms with Crippen molar-refractivity contribution in [2.75, 3.05) is 6.54 Å². The average molecular weight is 377 g/mol. The first kappa shape index (κ1) is 19.2. The second kappa shape index (κ2) is 8.41. The number of nitro groups is 1. The van der Waals surface area contributed by atoms with Crippen LogP contribution in [0.5, 0.6) is 5.75 Å². The van der Waals surface area contributed by atoms with Crippen LogP contribution in [0.4, 0.5) is 14.5 Å². The van der Waals surface area contributed by atoms with E-state index >= 15 is 0 Å². The van der Waals surface area contributed by atoms with Crippen LogP contribution >= 0.6 is 0 Å². The van der Waals surface area contributed by atoms with Gasteiger partial charge in [-0.2, -0.15) is 8.78 Å². The van der Waals surface area contributed by atoms with Gasteiger partial charge in [0.05, 0.1) is 11.0 Å². The number of nitrogens with zero attached hydrogens (tertiary/aromatic N) is 2. The van der Waals surface area contributed by atoms with Crippen LogP contribution < -0.4 is 10.6 Å². The first-order valence-electron chi connectivity index (χ1n) is 8.74. The lowest BCUT2D eigenvalue weighted by molar-refractivity contribution is -0.385. The lowest BCUT2D eigenvalue weighted by Crippen LogP contribution is -2.44. The molecule has 6 nitrogen and oxygen atoms in total. The van der Waals surface area contributed by atoms with Gasteiger partial charge in [-0.3, -0.25) is 16.0 Å². The Kier molecular flexibility index (Phi) is 5.98. The molecule has 0 bridgehead atoms. The molecule has 0 aliphatic carbocycles. The Balaban J connectivity index is 1.93. The van der Waals surface area contributed by atoms with E-state index in [2.05, 4.69) is 4.74 Å². The average Bonchev–Trinajstić information content (AvgIpc) is 2.63. The highest BCUT2D eigenvalue weighted by molar-refractivity contribution is 5.44. The molecule has 1 heterocycles. The molecule has 0 spiro atoms. The van der Waals surface area contributed by atoms with Gasteiger partial charge in [-0.25, -0.2) is 5.01 Å². The van der Waals surface area contributed by atoms with Gasteiger partial charge in [0, 0.05) is 24.2 Å². The summed E-state index contributed by atoms with van der Waals surface area (Å²) in [5.41, 5.74) is 1.28. The van der Waals surface area contributed by atoms with Gasteiger partial charge in [0.15, 0.2) is 0 Å². The molecule has 2 N–H and O–H groups in total. The number of halogens is 2. The van der Waals surface area contributed by atoms with E-state index in [9.17, 15) is 18.9 Å². The predicted octanol–water partition coefficient (Wildman–Crippen LogP) is 4.07. The molecule has 2 aromatic rings. The zero-order valence-electron chi connectivity index (χ0n) is 14.6. The van der Waals surface area contributed by atoms with E-state index in [4.69, 9.17) is 5.84 Å². The lowest BCUT2D eigenvalue weighted by atomic mass is 9.81. The predicted molar refractivity (Wildman–Crippen MR) is 96.2 cm³/mol. The smallest absolute Gasteiger partial charge is 0.387 e. The number of hydrogen-bond acceptors (Lipinski definition) is 5. The number of piperidine rings is 1. The number of non-ortho nitro benzene ring substituents is 1. The Bertz CT molecular complexity index is 789. The number of hydrazine groups is 1. The summed E-state index contributed by atoms with van der Waals surface area (Å²) in [6.45, 7) is -2.27. The quantitative estimate of drug-likeness (QED) is 0.466. The van der Waals surface area contributed by atoms with Gasteiger partial charge in [0.25, 0.3) is 5.69 Å². The van der Waals surface area contributed by atoms with Gasteiger partial charge < -0.3 is 4.74 Å². The van der Waals surface area contributed by atoms with Gasteiger partial charge in [-0.15, -0.1) is 0 Å². The van der Waals surface area contributed by atoms with Crippen molar-refractivity contribution in [3.63, 3.8) is 0 Å². The van der Waals surface area contributed by atoms with Crippen LogP contribution in [0.15, 0.2) is 48.5 Å². The largest absolute Gasteiger partial charge is 0.435 e. The van der Waals surface area contributed by atoms with Crippen LogP contribution in [0.25, 0.3) is 0 Å². The summed E-state index contributed by atoms with van der Waals surface area (Å²) in [6.07, 6.45) is 2.06. The van der Waals surface area contributed by atoms with Crippen molar-refractivity contribution in [2.45, 2.75) is 31.9 Å². The third-order valence-corrected chi connectivity index (χ3v) is 4.89. The third kappa shape index (κ3) is 4.58. The number of hydrogen-bond donors (Lipinski definition) is 1. The summed E-state index contributed by atoms with van der Waals surface area (Å²) in [4.78, 5) is 10.6. The van der Waals surface area contributed by atoms with E-state index in [1.165, 1.54) is 18.2 Å². The maximum absolute atomic E-state index is 12.8. The molecular formula is C19H21F2N3O3. The molecule has 1 aliphatic rings. The molecule has 3 rings (SSSR count). The number of alkyl halides is 2. The minimum Gasteiger partial charge on any atom is -0.435 e. The molecule has 8 heteroatoms. The Morgan fingerprint density at radius 1 is 1.26 bits per heavy atom. The standard InChI is InChI=1S/C19H21F2N3O3/c20-19(21)27-17-9-8-16(24(25)26)12-15(17)11-14-7-4-10-23(22)18(14)13-5-2-1-3-6-13/h1-3,5-6,8-9,12,14,18-19H,4,7,10-11,22H2/t14-,18+/m0/s1. The zero-order valence-corrected chi connectivity index (χ0v) is 14.6. The molecule has 1 aliphatic heterocycles. The van der Waals surface area contributed by atoms with Crippen molar-refractivity contribution in [1.29, 1.82) is 0 Å². The Hall–Kier alpha value is -2.58. The number of benzene rings is 2. The van der Waals surface area contributed by atoms with Gasteiger partial charge >= 0.3 is 6.61 Å². The monoisotopic (exact) mass is 377 g/mol. The van der Waals surface area contributed by atoms with Gasteiger partial charge in [0.2, 0.25) is 0 Å². The first-order chi connectivity index (χ1) is 13.0. The molecule has 27 heavy (non-hydrogen) atoms. The molecule has 2 aromatic carbocycles. The maximum atomic E-state index is 12.8. The van der Waals surface area contributed by atoms with Gasteiger partial charge in [-0.05, 0) is 36.8 Å². The Morgan fingerprint density at radius 2 is 2.00 bits per heavy atom. The second-order valence-corrected chi connectivity index (χ2v) is 6.63. The van der Waals surface area contributed by atoms with Crippen molar-refractivity contribution in [3.05, 3.63) is 69.8 Å². The van der Waals surface area contributed by atoms with E-state index in [0.717, 1.165) is 24.9 Å². The fourth-order valence-corrected chi connectivity index (χ4v) is 3.76. The number of rotatable bonds is 6. The summed E-state index contributed by atoms with van der Waals surface area (Å²) in [5, 5.41) is 12.9. The summed E-state index contributed by atoms with van der Waals surface area (Å²) in [6, 6.07) is 13.3. The number of ether oxygens (including phenoxy) is 1. The van der Waals surface area contributed by atoms with Crippen LogP contribution in [0.2, 0.25) is 0 Å². The fourth-order valence-electron chi connectivity index (χ4n) is 3.76.